The molecule has 1 aromatic rings. The molecule has 1 heterocycles. The van der Waals surface area contributed by atoms with Gasteiger partial charge in [0.2, 0.25) is 0 Å². The van der Waals surface area contributed by atoms with Gasteiger partial charge in [-0.05, 0) is 6.07 Å². The highest BCUT2D eigenvalue weighted by atomic mass is 19.3. The lowest BCUT2D eigenvalue weighted by Crippen LogP contribution is -2.12. The van der Waals surface area contributed by atoms with Crippen molar-refractivity contribution in [2.75, 3.05) is 0 Å². The first kappa shape index (κ1) is 8.76. The third-order valence-corrected chi connectivity index (χ3v) is 1.21. The van der Waals surface area contributed by atoms with E-state index in [2.05, 4.69) is 5.10 Å². The highest BCUT2D eigenvalue weighted by Crippen LogP contribution is 2.16. The van der Waals surface area contributed by atoms with Gasteiger partial charge in [0.1, 0.15) is 5.69 Å². The highest BCUT2D eigenvalue weighted by molar-refractivity contribution is 5.71. The minimum absolute atomic E-state index is 0.0710. The molecule has 0 aliphatic carbocycles. The minimum Gasteiger partial charge on any atom is -0.296 e. The van der Waals surface area contributed by atoms with Crippen LogP contribution >= 0.6 is 0 Å². The van der Waals surface area contributed by atoms with Gasteiger partial charge in [-0.2, -0.15) is 5.10 Å². The van der Waals surface area contributed by atoms with Gasteiger partial charge < -0.3 is 0 Å². The van der Waals surface area contributed by atoms with E-state index in [1.165, 1.54) is 0 Å². The Labute approximate surface area is 65.8 Å². The third-order valence-electron chi connectivity index (χ3n) is 1.21. The molecule has 0 aromatic carbocycles. The number of rotatable bonds is 3. The van der Waals surface area contributed by atoms with Gasteiger partial charge in [-0.1, -0.05) is 0 Å². The normalized spacial score (nSPS) is 13.3. The van der Waals surface area contributed by atoms with Crippen LogP contribution < -0.4 is 0 Å². The molecule has 12 heavy (non-hydrogen) atoms. The van der Waals surface area contributed by atoms with E-state index in [1.807, 2.05) is 0 Å². The minimum atomic E-state index is -3.13. The Balaban J connectivity index is 2.81. The number of carbonyl (C=O) groups is 1. The van der Waals surface area contributed by atoms with Crippen molar-refractivity contribution < 1.29 is 18.0 Å². The first-order valence-corrected chi connectivity index (χ1v) is 3.07. The fraction of sp³-hybridized carbons (Fsp3) is 0.333. The van der Waals surface area contributed by atoms with Gasteiger partial charge in [0.25, 0.3) is 12.7 Å². The second-order valence-corrected chi connectivity index (χ2v) is 2.05. The fourth-order valence-electron chi connectivity index (χ4n) is 0.668. The lowest BCUT2D eigenvalue weighted by atomic mass is 10.5. The predicted octanol–water partition coefficient (Wildman–Crippen LogP) is 1.43. The number of hydrogen-bond donors (Lipinski definition) is 0. The topological polar surface area (TPSA) is 34.9 Å². The molecular weight excluding hydrogens is 173 g/mol. The molecule has 0 radical (unpaired) electrons. The van der Waals surface area contributed by atoms with Crippen molar-refractivity contribution in [1.29, 1.82) is 0 Å². The van der Waals surface area contributed by atoms with Gasteiger partial charge in [-0.25, -0.2) is 17.9 Å². The number of halogens is 3. The van der Waals surface area contributed by atoms with Crippen LogP contribution in [0.1, 0.15) is 16.8 Å². The molecule has 0 amide bonds. The molecule has 1 atom stereocenters. The first-order valence-electron chi connectivity index (χ1n) is 3.07. The summed E-state index contributed by atoms with van der Waals surface area (Å²) in [5, 5.41) is 3.24. The monoisotopic (exact) mass is 178 g/mol. The van der Waals surface area contributed by atoms with E-state index in [4.69, 9.17) is 0 Å². The summed E-state index contributed by atoms with van der Waals surface area (Å²) in [4.78, 5) is 10.0. The van der Waals surface area contributed by atoms with Crippen LogP contribution in [0.4, 0.5) is 13.2 Å². The van der Waals surface area contributed by atoms with Crippen LogP contribution in [-0.4, -0.2) is 22.5 Å². The van der Waals surface area contributed by atoms with Gasteiger partial charge in [0.15, 0.2) is 6.29 Å². The van der Waals surface area contributed by atoms with E-state index in [1.54, 1.807) is 0 Å². The standard InChI is InChI=1S/C6H5F3N2O/c7-5(8)6(9)11-2-1-4(3-12)10-11/h1-3,5-6H. The van der Waals surface area contributed by atoms with Gasteiger partial charge >= 0.3 is 0 Å². The summed E-state index contributed by atoms with van der Waals surface area (Å²) >= 11 is 0. The molecule has 1 rings (SSSR count). The Bertz CT molecular complexity index is 274. The van der Waals surface area contributed by atoms with Crippen LogP contribution in [0.5, 0.6) is 0 Å². The molecule has 0 bridgehead atoms. The Kier molecular flexibility index (Phi) is 2.47. The molecule has 0 spiro atoms. The largest absolute Gasteiger partial charge is 0.296 e. The van der Waals surface area contributed by atoms with Crippen molar-refractivity contribution in [3.05, 3.63) is 18.0 Å². The van der Waals surface area contributed by atoms with Crippen LogP contribution in [0.25, 0.3) is 0 Å². The maximum absolute atomic E-state index is 12.4. The van der Waals surface area contributed by atoms with Gasteiger partial charge in [-0.15, -0.1) is 0 Å². The molecule has 0 fully saturated rings. The number of alkyl halides is 3. The molecule has 66 valence electrons. The number of carbonyl (C=O) groups excluding carboxylic acids is 1. The Hall–Kier alpha value is -1.33. The van der Waals surface area contributed by atoms with Crippen molar-refractivity contribution in [3.63, 3.8) is 0 Å². The fourth-order valence-corrected chi connectivity index (χ4v) is 0.668. The zero-order valence-corrected chi connectivity index (χ0v) is 5.82. The Morgan fingerprint density at radius 3 is 2.58 bits per heavy atom. The van der Waals surface area contributed by atoms with E-state index in [-0.39, 0.29) is 5.69 Å². The number of hydrogen-bond acceptors (Lipinski definition) is 2. The maximum Gasteiger partial charge on any atom is 0.289 e. The lowest BCUT2D eigenvalue weighted by Gasteiger charge is -2.05. The molecule has 1 aromatic heterocycles. The summed E-state index contributed by atoms with van der Waals surface area (Å²) in [6, 6.07) is 1.15. The van der Waals surface area contributed by atoms with Crippen molar-refractivity contribution in [2.45, 2.75) is 12.7 Å². The molecule has 0 aliphatic rings. The summed E-state index contributed by atoms with van der Waals surface area (Å²) in [6.45, 7) is 0. The maximum atomic E-state index is 12.4. The molecule has 0 saturated heterocycles. The first-order chi connectivity index (χ1) is 5.65. The molecule has 0 aliphatic heterocycles. The SMILES string of the molecule is O=Cc1ccn(C(F)C(F)F)n1. The van der Waals surface area contributed by atoms with Crippen molar-refractivity contribution >= 4 is 6.29 Å². The second kappa shape index (κ2) is 3.38. The van der Waals surface area contributed by atoms with E-state index in [0.717, 1.165) is 12.3 Å². The van der Waals surface area contributed by atoms with Crippen molar-refractivity contribution in [3.8, 4) is 0 Å². The number of aromatic nitrogens is 2. The molecule has 6 heteroatoms. The highest BCUT2D eigenvalue weighted by Gasteiger charge is 2.21. The molecule has 0 N–H and O–H groups in total. The van der Waals surface area contributed by atoms with E-state index in [0.29, 0.717) is 11.0 Å². The third kappa shape index (κ3) is 1.63. The number of aldehydes is 1. The van der Waals surface area contributed by atoms with Gasteiger partial charge in [0, 0.05) is 6.20 Å². The summed E-state index contributed by atoms with van der Waals surface area (Å²) in [6.07, 6.45) is -4.28. The Morgan fingerprint density at radius 2 is 2.17 bits per heavy atom. The van der Waals surface area contributed by atoms with Crippen LogP contribution in [0.2, 0.25) is 0 Å². The van der Waals surface area contributed by atoms with Crippen LogP contribution in [-0.2, 0) is 0 Å². The quantitative estimate of drug-likeness (QED) is 0.656. The zero-order chi connectivity index (χ0) is 9.14. The van der Waals surface area contributed by atoms with E-state index in [9.17, 15) is 18.0 Å². The average Bonchev–Trinajstić information content (AvgIpc) is 2.50. The molecular formula is C6H5F3N2O. The van der Waals surface area contributed by atoms with E-state index < -0.39 is 12.7 Å². The van der Waals surface area contributed by atoms with Crippen LogP contribution in [0.15, 0.2) is 12.3 Å². The Morgan fingerprint density at radius 1 is 1.50 bits per heavy atom. The van der Waals surface area contributed by atoms with Crippen LogP contribution in [0.3, 0.4) is 0 Å². The summed E-state index contributed by atoms with van der Waals surface area (Å²) < 4.78 is 36.3. The van der Waals surface area contributed by atoms with E-state index >= 15 is 0 Å². The predicted molar refractivity (Wildman–Crippen MR) is 33.8 cm³/mol. The summed E-state index contributed by atoms with van der Waals surface area (Å²) in [7, 11) is 0. The smallest absolute Gasteiger partial charge is 0.289 e. The summed E-state index contributed by atoms with van der Waals surface area (Å²) in [5.41, 5.74) is -0.0710. The van der Waals surface area contributed by atoms with Gasteiger partial charge in [0.05, 0.1) is 0 Å². The molecule has 1 unspecified atom stereocenters. The summed E-state index contributed by atoms with van der Waals surface area (Å²) in [5.74, 6) is 0. The lowest BCUT2D eigenvalue weighted by molar-refractivity contribution is 0.000634. The molecule has 3 nitrogen and oxygen atoms in total. The zero-order valence-electron chi connectivity index (χ0n) is 5.82. The van der Waals surface area contributed by atoms with Crippen molar-refractivity contribution in [1.82, 2.24) is 9.78 Å². The molecule has 0 saturated carbocycles. The average molecular weight is 178 g/mol. The van der Waals surface area contributed by atoms with Gasteiger partial charge in [-0.3, -0.25) is 4.79 Å². The van der Waals surface area contributed by atoms with Crippen LogP contribution in [0, 0.1) is 0 Å². The second-order valence-electron chi connectivity index (χ2n) is 2.05. The van der Waals surface area contributed by atoms with Crippen molar-refractivity contribution in [2.24, 2.45) is 0 Å². The number of nitrogens with zero attached hydrogens (tertiary/aromatic N) is 2.